The van der Waals surface area contributed by atoms with Gasteiger partial charge in [-0.05, 0) is 65.9 Å². The molecule has 5 aromatic rings. The maximum Gasteiger partial charge on any atom is 0.210 e. The number of imidazole rings is 1. The highest BCUT2D eigenvalue weighted by atomic mass is 127. The van der Waals surface area contributed by atoms with Crippen LogP contribution in [0.3, 0.4) is 0 Å². The number of ketones is 1. The quantitative estimate of drug-likeness (QED) is 0.186. The predicted octanol–water partition coefficient (Wildman–Crippen LogP) is 6.77. The van der Waals surface area contributed by atoms with Gasteiger partial charge in [-0.3, -0.25) is 4.79 Å². The zero-order valence-electron chi connectivity index (χ0n) is 17.2. The third kappa shape index (κ3) is 4.02. The number of rotatable bonds is 5. The molecule has 0 amide bonds. The number of nitrogens with one attached hydrogen (secondary N) is 2. The molecule has 0 atom stereocenters. The minimum atomic E-state index is -0.553. The second-order valence-electron chi connectivity index (χ2n) is 7.48. The highest BCUT2D eigenvalue weighted by Gasteiger charge is 2.18. The number of H-pyrrole nitrogens is 2. The van der Waals surface area contributed by atoms with E-state index >= 15 is 0 Å². The molecule has 33 heavy (non-hydrogen) atoms. The number of carbonyl (C=O) groups is 1. The van der Waals surface area contributed by atoms with Crippen molar-refractivity contribution in [3.05, 3.63) is 99.0 Å². The number of carbonyl (C=O) groups excluding carboxylic acids is 1. The Balaban J connectivity index is 1.47. The van der Waals surface area contributed by atoms with Crippen LogP contribution in [0.25, 0.3) is 22.3 Å². The Labute approximate surface area is 201 Å². The molecule has 164 valence electrons. The first kappa shape index (κ1) is 21.3. The topological polar surface area (TPSA) is 70.8 Å². The molecule has 2 aromatic heterocycles. The first-order chi connectivity index (χ1) is 15.9. The molecule has 2 N–H and O–H groups in total. The van der Waals surface area contributed by atoms with Crippen LogP contribution in [0, 0.1) is 22.1 Å². The van der Waals surface area contributed by atoms with Crippen LogP contribution in [-0.4, -0.2) is 20.7 Å². The van der Waals surface area contributed by atoms with Crippen molar-refractivity contribution < 1.29 is 18.3 Å². The number of fused-ring (bicyclic) bond motifs is 1. The molecule has 0 aliphatic rings. The second kappa shape index (κ2) is 8.43. The monoisotopic (exact) mass is 555 g/mol. The van der Waals surface area contributed by atoms with Crippen molar-refractivity contribution in [2.75, 3.05) is 0 Å². The van der Waals surface area contributed by atoms with Crippen molar-refractivity contribution in [3.63, 3.8) is 0 Å². The van der Waals surface area contributed by atoms with E-state index < -0.39 is 11.6 Å². The molecule has 5 rings (SSSR count). The molecule has 5 nitrogen and oxygen atoms in total. The predicted molar refractivity (Wildman–Crippen MR) is 130 cm³/mol. The largest absolute Gasteiger partial charge is 0.454 e. The Hall–Kier alpha value is -3.53. The smallest absolute Gasteiger partial charge is 0.210 e. The standard InChI is InChI=1S/C25H16F2IN3O2/c1-13-17-7-8-29-21(17)11-20(27)24(13)33-16-5-6-19(26)18(10-16)25-30-12-22(31-25)23(32)14-3-2-4-15(28)9-14/h2-12,29H,1H3,(H,30,31). The molecule has 0 saturated heterocycles. The van der Waals surface area contributed by atoms with Crippen molar-refractivity contribution >= 4 is 39.3 Å². The van der Waals surface area contributed by atoms with Gasteiger partial charge in [0.05, 0.1) is 11.8 Å². The molecule has 0 saturated carbocycles. The van der Waals surface area contributed by atoms with E-state index in [1.807, 2.05) is 12.1 Å². The van der Waals surface area contributed by atoms with E-state index in [0.717, 1.165) is 8.96 Å². The van der Waals surface area contributed by atoms with E-state index in [4.69, 9.17) is 4.74 Å². The Morgan fingerprint density at radius 2 is 1.91 bits per heavy atom. The lowest BCUT2D eigenvalue weighted by Crippen LogP contribution is -2.02. The van der Waals surface area contributed by atoms with Gasteiger partial charge < -0.3 is 14.7 Å². The van der Waals surface area contributed by atoms with E-state index in [1.165, 1.54) is 30.5 Å². The zero-order valence-corrected chi connectivity index (χ0v) is 19.4. The molecule has 8 heteroatoms. The van der Waals surface area contributed by atoms with Gasteiger partial charge in [-0.25, -0.2) is 13.8 Å². The molecule has 0 aliphatic carbocycles. The zero-order chi connectivity index (χ0) is 23.1. The summed E-state index contributed by atoms with van der Waals surface area (Å²) in [6.07, 6.45) is 3.09. The van der Waals surface area contributed by atoms with Gasteiger partial charge in [0.1, 0.15) is 23.1 Å². The summed E-state index contributed by atoms with van der Waals surface area (Å²) >= 11 is 2.13. The third-order valence-electron chi connectivity index (χ3n) is 5.33. The minimum Gasteiger partial charge on any atom is -0.454 e. The van der Waals surface area contributed by atoms with E-state index in [1.54, 1.807) is 31.3 Å². The van der Waals surface area contributed by atoms with Gasteiger partial charge in [-0.1, -0.05) is 12.1 Å². The van der Waals surface area contributed by atoms with Crippen LogP contribution >= 0.6 is 22.6 Å². The van der Waals surface area contributed by atoms with Gasteiger partial charge in [0.15, 0.2) is 11.6 Å². The van der Waals surface area contributed by atoms with Gasteiger partial charge in [0.25, 0.3) is 0 Å². The van der Waals surface area contributed by atoms with Gasteiger partial charge in [-0.15, -0.1) is 0 Å². The molecule has 0 aliphatic heterocycles. The van der Waals surface area contributed by atoms with E-state index in [2.05, 4.69) is 37.5 Å². The van der Waals surface area contributed by atoms with Crippen molar-refractivity contribution in [3.8, 4) is 22.9 Å². The summed E-state index contributed by atoms with van der Waals surface area (Å²) in [7, 11) is 0. The average Bonchev–Trinajstić information content (AvgIpc) is 3.47. The van der Waals surface area contributed by atoms with Gasteiger partial charge in [-0.2, -0.15) is 0 Å². The van der Waals surface area contributed by atoms with Crippen LogP contribution in [0.5, 0.6) is 11.5 Å². The average molecular weight is 555 g/mol. The van der Waals surface area contributed by atoms with Crippen LogP contribution < -0.4 is 4.74 Å². The number of ether oxygens (including phenoxy) is 1. The molecule has 0 unspecified atom stereocenters. The number of halogens is 3. The number of aromatic amines is 2. The number of benzene rings is 3. The fraction of sp³-hybridized carbons (Fsp3) is 0.0400. The molecule has 0 fully saturated rings. The summed E-state index contributed by atoms with van der Waals surface area (Å²) in [5.74, 6) is -0.860. The first-order valence-electron chi connectivity index (χ1n) is 10.00. The van der Waals surface area contributed by atoms with Gasteiger partial charge in [0, 0.05) is 37.9 Å². The fourth-order valence-corrected chi connectivity index (χ4v) is 4.22. The highest BCUT2D eigenvalue weighted by molar-refractivity contribution is 14.1. The second-order valence-corrected chi connectivity index (χ2v) is 8.73. The van der Waals surface area contributed by atoms with E-state index in [0.29, 0.717) is 16.6 Å². The van der Waals surface area contributed by atoms with Crippen molar-refractivity contribution in [2.24, 2.45) is 0 Å². The Morgan fingerprint density at radius 3 is 2.73 bits per heavy atom. The molecule has 3 aromatic carbocycles. The van der Waals surface area contributed by atoms with E-state index in [9.17, 15) is 13.6 Å². The van der Waals surface area contributed by atoms with Gasteiger partial charge >= 0.3 is 0 Å². The Morgan fingerprint density at radius 1 is 1.06 bits per heavy atom. The van der Waals surface area contributed by atoms with Crippen molar-refractivity contribution in [1.29, 1.82) is 0 Å². The number of hydrogen-bond acceptors (Lipinski definition) is 3. The SMILES string of the molecule is Cc1c(Oc2ccc(F)c(-c3ncc(C(=O)c4cccc(I)c4)[nH]3)c2)c(F)cc2[nH]ccc12. The number of aromatic nitrogens is 3. The van der Waals surface area contributed by atoms with Crippen molar-refractivity contribution in [1.82, 2.24) is 15.0 Å². The van der Waals surface area contributed by atoms with Crippen LogP contribution in [0.2, 0.25) is 0 Å². The fourth-order valence-electron chi connectivity index (χ4n) is 3.67. The number of aryl methyl sites for hydroxylation is 1. The van der Waals surface area contributed by atoms with Gasteiger partial charge in [0.2, 0.25) is 5.78 Å². The number of nitrogens with zero attached hydrogens (tertiary/aromatic N) is 1. The molecular formula is C25H16F2IN3O2. The lowest BCUT2D eigenvalue weighted by atomic mass is 10.1. The van der Waals surface area contributed by atoms with Crippen LogP contribution in [0.15, 0.2) is 67.0 Å². The lowest BCUT2D eigenvalue weighted by molar-refractivity contribution is 0.103. The normalized spacial score (nSPS) is 11.2. The summed E-state index contributed by atoms with van der Waals surface area (Å²) in [5.41, 5.74) is 2.13. The molecule has 0 spiro atoms. The molecule has 0 radical (unpaired) electrons. The van der Waals surface area contributed by atoms with Crippen LogP contribution in [0.4, 0.5) is 8.78 Å². The summed E-state index contributed by atoms with van der Waals surface area (Å²) in [6.45, 7) is 1.76. The molecule has 2 heterocycles. The van der Waals surface area contributed by atoms with Crippen molar-refractivity contribution in [2.45, 2.75) is 6.92 Å². The molecule has 0 bridgehead atoms. The summed E-state index contributed by atoms with van der Waals surface area (Å²) in [6, 6.07) is 14.4. The Bertz CT molecular complexity index is 1520. The highest BCUT2D eigenvalue weighted by Crippen LogP contribution is 2.35. The number of hydrogen-bond donors (Lipinski definition) is 2. The Kier molecular flexibility index (Phi) is 5.45. The third-order valence-corrected chi connectivity index (χ3v) is 6.00. The minimum absolute atomic E-state index is 0.0636. The summed E-state index contributed by atoms with van der Waals surface area (Å²) in [4.78, 5) is 22.8. The molecular weight excluding hydrogens is 539 g/mol. The summed E-state index contributed by atoms with van der Waals surface area (Å²) < 4.78 is 36.0. The lowest BCUT2D eigenvalue weighted by Gasteiger charge is -2.12. The van der Waals surface area contributed by atoms with Crippen LogP contribution in [0.1, 0.15) is 21.6 Å². The maximum absolute atomic E-state index is 14.7. The first-order valence-corrected chi connectivity index (χ1v) is 11.1. The summed E-state index contributed by atoms with van der Waals surface area (Å²) in [5, 5.41) is 0.832. The maximum atomic E-state index is 14.7. The van der Waals surface area contributed by atoms with E-state index in [-0.39, 0.29) is 34.4 Å². The van der Waals surface area contributed by atoms with Crippen LogP contribution in [-0.2, 0) is 0 Å².